The molecule has 0 aliphatic carbocycles. The second kappa shape index (κ2) is 7.87. The van der Waals surface area contributed by atoms with E-state index in [2.05, 4.69) is 60.1 Å². The lowest BCUT2D eigenvalue weighted by Crippen LogP contribution is -2.37. The van der Waals surface area contributed by atoms with E-state index in [1.807, 2.05) is 6.20 Å². The highest BCUT2D eigenvalue weighted by molar-refractivity contribution is 5.14. The first-order valence-electron chi connectivity index (χ1n) is 8.14. The molecule has 1 fully saturated rings. The molecule has 0 aromatic carbocycles. The van der Waals surface area contributed by atoms with Gasteiger partial charge in [0.1, 0.15) is 0 Å². The van der Waals surface area contributed by atoms with Crippen molar-refractivity contribution in [2.75, 3.05) is 26.7 Å². The van der Waals surface area contributed by atoms with Crippen LogP contribution in [0.5, 0.6) is 0 Å². The predicted molar refractivity (Wildman–Crippen MR) is 88.2 cm³/mol. The molecule has 1 atom stereocenters. The van der Waals surface area contributed by atoms with Crippen LogP contribution in [0.3, 0.4) is 0 Å². The summed E-state index contributed by atoms with van der Waals surface area (Å²) in [5.41, 5.74) is 2.44. The van der Waals surface area contributed by atoms with E-state index in [9.17, 15) is 0 Å². The van der Waals surface area contributed by atoms with Gasteiger partial charge in [-0.25, -0.2) is 0 Å². The summed E-state index contributed by atoms with van der Waals surface area (Å²) in [5.74, 6) is 0. The fourth-order valence-electron chi connectivity index (χ4n) is 2.84. The Bertz CT molecular complexity index is 415. The molecular weight excluding hydrogens is 260 g/mol. The minimum Gasteiger partial charge on any atom is -0.310 e. The van der Waals surface area contributed by atoms with Crippen LogP contribution in [0.2, 0.25) is 0 Å². The highest BCUT2D eigenvalue weighted by Crippen LogP contribution is 2.12. The number of hydrogen-bond acceptors (Lipinski definition) is 4. The molecule has 1 unspecified atom stereocenters. The zero-order valence-corrected chi connectivity index (χ0v) is 14.0. The molecule has 1 aromatic rings. The molecule has 1 aromatic heterocycles. The number of nitrogens with one attached hydrogen (secondary N) is 1. The number of aromatic nitrogens is 1. The Balaban J connectivity index is 1.90. The number of pyridine rings is 1. The third-order valence-electron chi connectivity index (χ3n) is 4.15. The van der Waals surface area contributed by atoms with Gasteiger partial charge in [-0.3, -0.25) is 9.88 Å². The van der Waals surface area contributed by atoms with Crippen LogP contribution >= 0.6 is 0 Å². The molecule has 4 nitrogen and oxygen atoms in total. The monoisotopic (exact) mass is 290 g/mol. The van der Waals surface area contributed by atoms with Gasteiger partial charge in [-0.15, -0.1) is 0 Å². The van der Waals surface area contributed by atoms with E-state index in [1.54, 1.807) is 0 Å². The Hall–Kier alpha value is -0.970. The maximum absolute atomic E-state index is 4.64. The van der Waals surface area contributed by atoms with Crippen LogP contribution in [0.1, 0.15) is 38.4 Å². The Morgan fingerprint density at radius 2 is 2.14 bits per heavy atom. The minimum absolute atomic E-state index is 0.514. The second-order valence-corrected chi connectivity index (χ2v) is 6.63. The summed E-state index contributed by atoms with van der Waals surface area (Å²) in [6, 6.07) is 5.49. The van der Waals surface area contributed by atoms with Crippen molar-refractivity contribution in [3.8, 4) is 0 Å². The van der Waals surface area contributed by atoms with Crippen molar-refractivity contribution in [2.45, 2.75) is 52.4 Å². The Morgan fingerprint density at radius 3 is 2.81 bits per heavy atom. The van der Waals surface area contributed by atoms with Gasteiger partial charge < -0.3 is 10.2 Å². The Morgan fingerprint density at radius 1 is 1.33 bits per heavy atom. The lowest BCUT2D eigenvalue weighted by atomic mass is 10.2. The van der Waals surface area contributed by atoms with Crippen LogP contribution in [-0.2, 0) is 13.1 Å². The lowest BCUT2D eigenvalue weighted by molar-refractivity contribution is 0.192. The van der Waals surface area contributed by atoms with E-state index in [0.717, 1.165) is 19.6 Å². The third kappa shape index (κ3) is 5.38. The topological polar surface area (TPSA) is 31.4 Å². The number of rotatable bonds is 5. The van der Waals surface area contributed by atoms with Crippen LogP contribution in [0, 0.1) is 0 Å². The van der Waals surface area contributed by atoms with Crippen molar-refractivity contribution in [1.82, 2.24) is 20.1 Å². The number of hydrogen-bond donors (Lipinski definition) is 1. The first-order valence-corrected chi connectivity index (χ1v) is 8.14. The number of likely N-dealkylation sites (N-methyl/N-ethyl adjacent to an activating group) is 1. The Labute approximate surface area is 129 Å². The average molecular weight is 290 g/mol. The lowest BCUT2D eigenvalue weighted by Gasteiger charge is -2.27. The van der Waals surface area contributed by atoms with Crippen molar-refractivity contribution in [1.29, 1.82) is 0 Å². The summed E-state index contributed by atoms with van der Waals surface area (Å²) >= 11 is 0. The van der Waals surface area contributed by atoms with E-state index in [-0.39, 0.29) is 0 Å². The molecule has 0 amide bonds. The summed E-state index contributed by atoms with van der Waals surface area (Å²) < 4.78 is 0. The van der Waals surface area contributed by atoms with E-state index < -0.39 is 0 Å². The van der Waals surface area contributed by atoms with E-state index in [1.165, 1.54) is 30.8 Å². The molecule has 0 radical (unpaired) electrons. The molecular formula is C17H30N4. The molecule has 0 spiro atoms. The molecule has 2 heterocycles. The largest absolute Gasteiger partial charge is 0.310 e. The van der Waals surface area contributed by atoms with Gasteiger partial charge in [0, 0.05) is 44.5 Å². The van der Waals surface area contributed by atoms with Crippen LogP contribution in [0.25, 0.3) is 0 Å². The van der Waals surface area contributed by atoms with Gasteiger partial charge >= 0.3 is 0 Å². The zero-order valence-electron chi connectivity index (χ0n) is 14.0. The Kier molecular flexibility index (Phi) is 6.15. The van der Waals surface area contributed by atoms with E-state index >= 15 is 0 Å². The van der Waals surface area contributed by atoms with Crippen molar-refractivity contribution in [2.24, 2.45) is 0 Å². The molecule has 0 saturated carbocycles. The van der Waals surface area contributed by atoms with Crippen molar-refractivity contribution < 1.29 is 0 Å². The zero-order chi connectivity index (χ0) is 15.2. The fraction of sp³-hybridized carbons (Fsp3) is 0.706. The smallest absolute Gasteiger partial charge is 0.0544 e. The van der Waals surface area contributed by atoms with Gasteiger partial charge in [0.25, 0.3) is 0 Å². The SMILES string of the molecule is CC(C)NCc1ccc(CN2CCCN(C)CC2C)nc1. The molecule has 1 aliphatic heterocycles. The fourth-order valence-corrected chi connectivity index (χ4v) is 2.84. The molecule has 21 heavy (non-hydrogen) atoms. The van der Waals surface area contributed by atoms with E-state index in [4.69, 9.17) is 0 Å². The van der Waals surface area contributed by atoms with Gasteiger partial charge in [0.2, 0.25) is 0 Å². The van der Waals surface area contributed by atoms with Gasteiger partial charge in [-0.1, -0.05) is 19.9 Å². The van der Waals surface area contributed by atoms with Gasteiger partial charge in [-0.05, 0) is 38.6 Å². The average Bonchev–Trinajstić information content (AvgIpc) is 2.59. The quantitative estimate of drug-likeness (QED) is 0.900. The summed E-state index contributed by atoms with van der Waals surface area (Å²) in [7, 11) is 2.22. The van der Waals surface area contributed by atoms with Crippen LogP contribution in [0.4, 0.5) is 0 Å². The molecule has 4 heteroatoms. The van der Waals surface area contributed by atoms with Crippen molar-refractivity contribution >= 4 is 0 Å². The molecule has 1 aliphatic rings. The van der Waals surface area contributed by atoms with Crippen molar-refractivity contribution in [3.05, 3.63) is 29.6 Å². The molecule has 2 rings (SSSR count). The maximum Gasteiger partial charge on any atom is 0.0544 e. The summed E-state index contributed by atoms with van der Waals surface area (Å²) in [4.78, 5) is 9.62. The summed E-state index contributed by atoms with van der Waals surface area (Å²) in [5, 5.41) is 3.43. The molecule has 1 saturated heterocycles. The normalized spacial score (nSPS) is 21.7. The van der Waals surface area contributed by atoms with Gasteiger partial charge in [-0.2, -0.15) is 0 Å². The summed E-state index contributed by atoms with van der Waals surface area (Å²) in [6.45, 7) is 12.0. The highest BCUT2D eigenvalue weighted by atomic mass is 15.2. The summed E-state index contributed by atoms with van der Waals surface area (Å²) in [6.07, 6.45) is 3.26. The maximum atomic E-state index is 4.64. The number of nitrogens with zero attached hydrogens (tertiary/aromatic N) is 3. The standard InChI is InChI=1S/C17H30N4/c1-14(2)18-10-16-6-7-17(19-11-16)13-21-9-5-8-20(4)12-15(21)3/h6-7,11,14-15,18H,5,8-10,12-13H2,1-4H3. The van der Waals surface area contributed by atoms with Gasteiger partial charge in [0.15, 0.2) is 0 Å². The molecule has 0 bridgehead atoms. The predicted octanol–water partition coefficient (Wildman–Crippen LogP) is 2.11. The van der Waals surface area contributed by atoms with Crippen LogP contribution in [-0.4, -0.2) is 53.5 Å². The van der Waals surface area contributed by atoms with E-state index in [0.29, 0.717) is 12.1 Å². The van der Waals surface area contributed by atoms with Crippen LogP contribution < -0.4 is 5.32 Å². The van der Waals surface area contributed by atoms with Crippen molar-refractivity contribution in [3.63, 3.8) is 0 Å². The van der Waals surface area contributed by atoms with Gasteiger partial charge in [0.05, 0.1) is 5.69 Å². The second-order valence-electron chi connectivity index (χ2n) is 6.63. The molecule has 118 valence electrons. The minimum atomic E-state index is 0.514. The first kappa shape index (κ1) is 16.4. The highest BCUT2D eigenvalue weighted by Gasteiger charge is 2.19. The first-order chi connectivity index (χ1) is 10.0. The third-order valence-corrected chi connectivity index (χ3v) is 4.15. The van der Waals surface area contributed by atoms with Crippen LogP contribution in [0.15, 0.2) is 18.3 Å². The molecule has 1 N–H and O–H groups in total.